The van der Waals surface area contributed by atoms with Gasteiger partial charge in [0.25, 0.3) is 0 Å². The second kappa shape index (κ2) is 20.7. The molecule has 0 spiro atoms. The molecule has 3 heterocycles. The van der Waals surface area contributed by atoms with E-state index in [2.05, 4.69) is 0 Å². The molecule has 0 bridgehead atoms. The summed E-state index contributed by atoms with van der Waals surface area (Å²) in [5.41, 5.74) is 5.48. The molecular formula is C25H47B3NO17P3. The molecule has 24 heteroatoms. The van der Waals surface area contributed by atoms with Crippen molar-refractivity contribution in [1.29, 1.82) is 0 Å². The van der Waals surface area contributed by atoms with E-state index in [9.17, 15) is 38.6 Å². The first-order chi connectivity index (χ1) is 23.0. The Hall–Kier alpha value is 0.285. The number of phosphoric ester groups is 3. The van der Waals surface area contributed by atoms with Crippen molar-refractivity contribution in [3.63, 3.8) is 0 Å². The first-order valence-electron chi connectivity index (χ1n) is 16.1. The standard InChI is InChI=1S/C25H47B3NO17P3/c26-23-5-20(17(9-31)11-38-23)44-48(34,35)42-14-19-13-40-25(28)7-22(19)46-49(36,37)43-15-18-12-39-24(27)6-21(18)45-47(32,33)41-10-16(8-30)3-1-2-4-29/h16-25,30-31H,1-15,29H2,(H,32,33)(H,34,35)(H,36,37)/t16?,17-,18+,19+,20+,21+,22+,23+,24+,25+/m0/s1. The molecule has 3 saturated heterocycles. The number of aliphatic hydroxyl groups is 2. The van der Waals surface area contributed by atoms with Gasteiger partial charge in [-0.1, -0.05) is 6.42 Å². The van der Waals surface area contributed by atoms with E-state index in [4.69, 9.17) is 70.6 Å². The van der Waals surface area contributed by atoms with Crippen molar-refractivity contribution in [3.05, 3.63) is 0 Å². The Kier molecular flexibility index (Phi) is 18.4. The van der Waals surface area contributed by atoms with Crippen LogP contribution >= 0.6 is 23.5 Å². The molecule has 3 rings (SSSR count). The van der Waals surface area contributed by atoms with Crippen molar-refractivity contribution in [2.75, 3.05) is 59.4 Å². The van der Waals surface area contributed by atoms with Crippen LogP contribution in [0.3, 0.4) is 0 Å². The molecule has 3 fully saturated rings. The number of nitrogens with two attached hydrogens (primary N) is 1. The minimum absolute atomic E-state index is 0.0130. The van der Waals surface area contributed by atoms with Gasteiger partial charge in [-0.3, -0.25) is 27.1 Å². The topological polar surface area (TPSA) is 261 Å². The molecule has 3 aliphatic heterocycles. The SMILES string of the molecule is [B][C@H]1C[C@@H](OP(=O)(O)OCC(CO)CCCCN)[C@@H](COP(=O)(O)O[C@@H]2C[C@H]([B])OC[C@@H]2COP(=O)(O)O[C@@H]2C[C@H]([B])OC[C@@H]2CO)CO1. The van der Waals surface area contributed by atoms with Gasteiger partial charge >= 0.3 is 23.5 Å². The van der Waals surface area contributed by atoms with Crippen molar-refractivity contribution in [3.8, 4) is 0 Å². The molecule has 13 atom stereocenters. The first-order valence-corrected chi connectivity index (χ1v) is 20.5. The summed E-state index contributed by atoms with van der Waals surface area (Å²) in [6.45, 7) is -1.80. The van der Waals surface area contributed by atoms with Gasteiger partial charge in [-0.2, -0.15) is 0 Å². The molecule has 4 unspecified atom stereocenters. The number of hydrogen-bond donors (Lipinski definition) is 6. The van der Waals surface area contributed by atoms with E-state index in [1.165, 1.54) is 0 Å². The van der Waals surface area contributed by atoms with Gasteiger partial charge in [0.2, 0.25) is 0 Å². The van der Waals surface area contributed by atoms with Crippen LogP contribution in [0.1, 0.15) is 38.5 Å². The monoisotopic (exact) mass is 759 g/mol. The predicted octanol–water partition coefficient (Wildman–Crippen LogP) is -0.184. The van der Waals surface area contributed by atoms with E-state index in [0.29, 0.717) is 19.4 Å². The van der Waals surface area contributed by atoms with Crippen LogP contribution in [0.2, 0.25) is 0 Å². The zero-order chi connectivity index (χ0) is 36.2. The average molecular weight is 759 g/mol. The van der Waals surface area contributed by atoms with E-state index < -0.39 is 96.7 Å². The van der Waals surface area contributed by atoms with Crippen LogP contribution in [0.4, 0.5) is 0 Å². The molecule has 3 aliphatic rings. The van der Waals surface area contributed by atoms with Crippen LogP contribution in [0, 0.1) is 23.7 Å². The summed E-state index contributed by atoms with van der Waals surface area (Å²) in [7, 11) is 3.20. The lowest BCUT2D eigenvalue weighted by Gasteiger charge is -2.37. The normalized spacial score (nSPS) is 35.5. The van der Waals surface area contributed by atoms with Crippen LogP contribution < -0.4 is 5.73 Å². The summed E-state index contributed by atoms with van der Waals surface area (Å²) in [5.74, 6) is -2.77. The predicted molar refractivity (Wildman–Crippen MR) is 173 cm³/mol. The van der Waals surface area contributed by atoms with Gasteiger partial charge in [0.05, 0.1) is 64.6 Å². The van der Waals surface area contributed by atoms with E-state index in [-0.39, 0.29) is 58.9 Å². The van der Waals surface area contributed by atoms with Gasteiger partial charge in [-0.15, -0.1) is 0 Å². The Bertz CT molecular complexity index is 1140. The van der Waals surface area contributed by atoms with Crippen molar-refractivity contribution >= 4 is 47.0 Å². The van der Waals surface area contributed by atoms with E-state index in [1.807, 2.05) is 0 Å². The van der Waals surface area contributed by atoms with Crippen LogP contribution in [-0.4, -0.2) is 144 Å². The Morgan fingerprint density at radius 1 is 0.673 bits per heavy atom. The van der Waals surface area contributed by atoms with E-state index in [1.54, 1.807) is 0 Å². The van der Waals surface area contributed by atoms with Gasteiger partial charge in [0, 0.05) is 48.3 Å². The number of phosphoric acid groups is 3. The third-order valence-corrected chi connectivity index (χ3v) is 11.3. The summed E-state index contributed by atoms with van der Waals surface area (Å²) < 4.78 is 86.1. The molecule has 0 amide bonds. The maximum absolute atomic E-state index is 13.1. The highest BCUT2D eigenvalue weighted by Gasteiger charge is 2.42. The molecule has 18 nitrogen and oxygen atoms in total. The molecule has 0 aromatic carbocycles. The summed E-state index contributed by atoms with van der Waals surface area (Å²) in [6, 6.07) is -2.53. The lowest BCUT2D eigenvalue weighted by atomic mass is 9.86. The van der Waals surface area contributed by atoms with Crippen molar-refractivity contribution in [1.82, 2.24) is 0 Å². The van der Waals surface area contributed by atoms with Crippen LogP contribution in [0.5, 0.6) is 0 Å². The maximum Gasteiger partial charge on any atom is 0.472 e. The summed E-state index contributed by atoms with van der Waals surface area (Å²) >= 11 is 0. The minimum Gasteiger partial charge on any atom is -0.396 e. The Morgan fingerprint density at radius 3 is 1.49 bits per heavy atom. The molecule has 7 N–H and O–H groups in total. The fourth-order valence-corrected chi connectivity index (χ4v) is 8.53. The highest BCUT2D eigenvalue weighted by atomic mass is 31.2. The molecule has 49 heavy (non-hydrogen) atoms. The number of unbranched alkanes of at least 4 members (excludes halogenated alkanes) is 1. The maximum atomic E-state index is 13.1. The summed E-state index contributed by atoms with van der Waals surface area (Å²) in [4.78, 5) is 31.3. The molecule has 0 aromatic rings. The lowest BCUT2D eigenvalue weighted by molar-refractivity contribution is -0.0847. The quantitative estimate of drug-likeness (QED) is 0.0504. The third kappa shape index (κ3) is 15.7. The Labute approximate surface area is 290 Å². The Balaban J connectivity index is 1.55. The molecule has 6 radical (unpaired) electrons. The Morgan fingerprint density at radius 2 is 1.08 bits per heavy atom. The van der Waals surface area contributed by atoms with Gasteiger partial charge in [0.1, 0.15) is 23.5 Å². The smallest absolute Gasteiger partial charge is 0.396 e. The second-order valence-corrected chi connectivity index (χ2v) is 16.6. The first kappa shape index (κ1) is 43.7. The molecule has 0 aromatic heterocycles. The lowest BCUT2D eigenvalue weighted by Crippen LogP contribution is -2.42. The highest BCUT2D eigenvalue weighted by molar-refractivity contribution is 7.48. The highest BCUT2D eigenvalue weighted by Crippen LogP contribution is 2.52. The zero-order valence-electron chi connectivity index (χ0n) is 27.2. The number of ether oxygens (including phenoxy) is 3. The third-order valence-electron chi connectivity index (χ3n) is 8.29. The minimum atomic E-state index is -4.87. The van der Waals surface area contributed by atoms with E-state index >= 15 is 0 Å². The van der Waals surface area contributed by atoms with Crippen LogP contribution in [-0.2, 0) is 55.0 Å². The van der Waals surface area contributed by atoms with E-state index in [0.717, 1.165) is 6.42 Å². The van der Waals surface area contributed by atoms with Crippen molar-refractivity contribution in [2.45, 2.75) is 74.8 Å². The van der Waals surface area contributed by atoms with Gasteiger partial charge < -0.3 is 44.8 Å². The number of rotatable bonds is 21. The summed E-state index contributed by atoms with van der Waals surface area (Å²) in [6.07, 6.45) is -1.37. The van der Waals surface area contributed by atoms with Gasteiger partial charge in [-0.05, 0) is 38.6 Å². The molecule has 0 saturated carbocycles. The molecular weight excluding hydrogens is 712 g/mol. The number of aliphatic hydroxyl groups excluding tert-OH is 2. The number of hydrogen-bond acceptors (Lipinski definition) is 15. The van der Waals surface area contributed by atoms with Crippen LogP contribution in [0.25, 0.3) is 0 Å². The summed E-state index contributed by atoms with van der Waals surface area (Å²) in [5, 5.41) is 19.1. The fraction of sp³-hybridized carbons (Fsp3) is 1.00. The van der Waals surface area contributed by atoms with Crippen molar-refractivity contribution < 1.29 is 79.9 Å². The van der Waals surface area contributed by atoms with Gasteiger partial charge in [-0.25, -0.2) is 13.7 Å². The van der Waals surface area contributed by atoms with Gasteiger partial charge in [0.15, 0.2) is 0 Å². The fourth-order valence-electron chi connectivity index (χ4n) is 5.39. The molecule has 0 aliphatic carbocycles. The largest absolute Gasteiger partial charge is 0.472 e. The second-order valence-electron chi connectivity index (χ2n) is 12.3. The molecule has 278 valence electrons. The van der Waals surface area contributed by atoms with Crippen LogP contribution in [0.15, 0.2) is 0 Å². The zero-order valence-corrected chi connectivity index (χ0v) is 29.8. The van der Waals surface area contributed by atoms with Crippen molar-refractivity contribution in [2.24, 2.45) is 29.4 Å². The average Bonchev–Trinajstić information content (AvgIpc) is 3.01.